The molecular formula is C11H20N2O6S. The third kappa shape index (κ3) is 4.34. The minimum absolute atomic E-state index is 0.0580. The second kappa shape index (κ2) is 6.40. The Hall–Kier alpha value is -1.35. The van der Waals surface area contributed by atoms with Crippen LogP contribution in [0.1, 0.15) is 33.6 Å². The number of nitrogens with zero attached hydrogens (tertiary/aromatic N) is 1. The fourth-order valence-electron chi connectivity index (χ4n) is 2.03. The summed E-state index contributed by atoms with van der Waals surface area (Å²) in [7, 11) is -4.22. The number of carboxylic acids is 1. The van der Waals surface area contributed by atoms with Gasteiger partial charge in [0, 0.05) is 6.54 Å². The highest BCUT2D eigenvalue weighted by Gasteiger charge is 2.40. The summed E-state index contributed by atoms with van der Waals surface area (Å²) < 4.78 is 31.3. The number of piperidine rings is 1. The molecule has 2 atom stereocenters. The van der Waals surface area contributed by atoms with Crippen molar-refractivity contribution < 1.29 is 27.9 Å². The van der Waals surface area contributed by atoms with Crippen molar-refractivity contribution in [3.8, 4) is 0 Å². The molecule has 1 rings (SSSR count). The Balaban J connectivity index is 2.84. The first-order valence-corrected chi connectivity index (χ1v) is 7.80. The minimum atomic E-state index is -4.22. The lowest BCUT2D eigenvalue weighted by molar-refractivity contribution is -0.143. The van der Waals surface area contributed by atoms with Crippen LogP contribution < -0.4 is 4.72 Å². The van der Waals surface area contributed by atoms with Crippen LogP contribution in [0.5, 0.6) is 0 Å². The molecule has 1 fully saturated rings. The van der Waals surface area contributed by atoms with Crippen molar-refractivity contribution in [2.75, 3.05) is 6.54 Å². The van der Waals surface area contributed by atoms with E-state index in [0.29, 0.717) is 6.42 Å². The van der Waals surface area contributed by atoms with Gasteiger partial charge in [0.2, 0.25) is 0 Å². The maximum absolute atomic E-state index is 12.0. The van der Waals surface area contributed by atoms with Crippen molar-refractivity contribution in [2.24, 2.45) is 5.92 Å². The molecule has 1 heterocycles. The van der Waals surface area contributed by atoms with Crippen molar-refractivity contribution in [3.05, 3.63) is 0 Å². The molecule has 8 nitrogen and oxygen atoms in total. The summed E-state index contributed by atoms with van der Waals surface area (Å²) in [6, 6.07) is -1.16. The van der Waals surface area contributed by atoms with Gasteiger partial charge in [-0.2, -0.15) is 12.7 Å². The highest BCUT2D eigenvalue weighted by molar-refractivity contribution is 7.87. The number of carbonyl (C=O) groups is 2. The average Bonchev–Trinajstić information content (AvgIpc) is 2.26. The molecule has 0 aromatic heterocycles. The summed E-state index contributed by atoms with van der Waals surface area (Å²) in [6.45, 7) is 5.08. The molecule has 2 unspecified atom stereocenters. The van der Waals surface area contributed by atoms with Crippen LogP contribution in [0.4, 0.5) is 4.79 Å². The van der Waals surface area contributed by atoms with E-state index in [0.717, 1.165) is 4.31 Å². The van der Waals surface area contributed by atoms with Gasteiger partial charge in [-0.1, -0.05) is 6.92 Å². The highest BCUT2D eigenvalue weighted by atomic mass is 32.2. The van der Waals surface area contributed by atoms with Crippen LogP contribution in [0.3, 0.4) is 0 Å². The summed E-state index contributed by atoms with van der Waals surface area (Å²) in [4.78, 5) is 22.5. The second-order valence-corrected chi connectivity index (χ2v) is 6.78. The van der Waals surface area contributed by atoms with Crippen LogP contribution in [0.25, 0.3) is 0 Å². The van der Waals surface area contributed by atoms with Gasteiger partial charge in [0.05, 0.1) is 6.10 Å². The molecule has 0 spiro atoms. The minimum Gasteiger partial charge on any atom is -0.480 e. The predicted molar refractivity (Wildman–Crippen MR) is 70.2 cm³/mol. The highest BCUT2D eigenvalue weighted by Crippen LogP contribution is 2.24. The zero-order valence-electron chi connectivity index (χ0n) is 11.7. The Morgan fingerprint density at radius 1 is 1.40 bits per heavy atom. The Morgan fingerprint density at radius 2 is 2.00 bits per heavy atom. The van der Waals surface area contributed by atoms with Crippen LogP contribution in [0, 0.1) is 5.92 Å². The maximum Gasteiger partial charge on any atom is 0.422 e. The maximum atomic E-state index is 12.0. The Bertz CT molecular complexity index is 475. The number of amides is 1. The van der Waals surface area contributed by atoms with E-state index in [1.807, 2.05) is 6.92 Å². The molecule has 1 aliphatic heterocycles. The molecule has 20 heavy (non-hydrogen) atoms. The van der Waals surface area contributed by atoms with Crippen LogP contribution in [-0.2, 0) is 19.7 Å². The first-order chi connectivity index (χ1) is 9.13. The Morgan fingerprint density at radius 3 is 2.50 bits per heavy atom. The summed E-state index contributed by atoms with van der Waals surface area (Å²) in [5.74, 6) is -1.11. The molecule has 9 heteroatoms. The zero-order chi connectivity index (χ0) is 15.5. The first kappa shape index (κ1) is 16.7. The van der Waals surface area contributed by atoms with E-state index in [2.05, 4.69) is 0 Å². The summed E-state index contributed by atoms with van der Waals surface area (Å²) >= 11 is 0. The number of carboxylic acid groups (broad SMARTS) is 1. The van der Waals surface area contributed by atoms with Crippen LogP contribution >= 0.6 is 0 Å². The summed E-state index contributed by atoms with van der Waals surface area (Å²) in [5, 5.41) is 9.12. The Kier molecular flexibility index (Phi) is 5.35. The van der Waals surface area contributed by atoms with E-state index >= 15 is 0 Å². The van der Waals surface area contributed by atoms with E-state index < -0.39 is 34.4 Å². The number of hydrogen-bond acceptors (Lipinski definition) is 5. The molecule has 0 aliphatic carbocycles. The standard InChI is InChI=1S/C11H20N2O6S/c1-7(2)19-11(16)12-20(17,18)13-5-4-8(3)6-9(13)10(14)15/h7-9H,4-6H2,1-3H3,(H,12,16)(H,14,15). The second-order valence-electron chi connectivity index (χ2n) is 5.16. The van der Waals surface area contributed by atoms with Gasteiger partial charge >= 0.3 is 22.3 Å². The number of aliphatic carboxylic acids is 1. The fourth-order valence-corrected chi connectivity index (χ4v) is 3.27. The molecule has 1 amide bonds. The number of carbonyl (C=O) groups excluding carboxylic acids is 1. The molecule has 0 saturated carbocycles. The fraction of sp³-hybridized carbons (Fsp3) is 0.818. The smallest absolute Gasteiger partial charge is 0.422 e. The lowest BCUT2D eigenvalue weighted by Gasteiger charge is -2.34. The van der Waals surface area contributed by atoms with Gasteiger partial charge in [0.15, 0.2) is 0 Å². The van der Waals surface area contributed by atoms with Crippen molar-refractivity contribution in [3.63, 3.8) is 0 Å². The van der Waals surface area contributed by atoms with Crippen LogP contribution in [0.2, 0.25) is 0 Å². The largest absolute Gasteiger partial charge is 0.480 e. The van der Waals surface area contributed by atoms with Gasteiger partial charge in [-0.05, 0) is 32.6 Å². The molecule has 1 aliphatic rings. The van der Waals surface area contributed by atoms with Gasteiger partial charge in [0.1, 0.15) is 6.04 Å². The van der Waals surface area contributed by atoms with Gasteiger partial charge in [-0.25, -0.2) is 9.52 Å². The molecule has 0 radical (unpaired) electrons. The SMILES string of the molecule is CC1CCN(S(=O)(=O)NC(=O)OC(C)C)C(C(=O)O)C1. The van der Waals surface area contributed by atoms with E-state index in [1.54, 1.807) is 18.6 Å². The zero-order valence-corrected chi connectivity index (χ0v) is 12.5. The lowest BCUT2D eigenvalue weighted by atomic mass is 9.94. The van der Waals surface area contributed by atoms with Gasteiger partial charge in [-0.15, -0.1) is 0 Å². The van der Waals surface area contributed by atoms with E-state index in [4.69, 9.17) is 9.84 Å². The average molecular weight is 308 g/mol. The van der Waals surface area contributed by atoms with Crippen LogP contribution in [-0.4, -0.2) is 48.6 Å². The molecule has 0 aromatic carbocycles. The normalized spacial score (nSPS) is 24.4. The van der Waals surface area contributed by atoms with Crippen molar-refractivity contribution in [1.29, 1.82) is 0 Å². The van der Waals surface area contributed by atoms with Gasteiger partial charge in [0.25, 0.3) is 0 Å². The molecular weight excluding hydrogens is 288 g/mol. The number of rotatable bonds is 4. The number of nitrogens with one attached hydrogen (secondary N) is 1. The predicted octanol–water partition coefficient (Wildman–Crippen LogP) is 0.551. The quantitative estimate of drug-likeness (QED) is 0.784. The first-order valence-electron chi connectivity index (χ1n) is 6.36. The third-order valence-corrected chi connectivity index (χ3v) is 4.44. The summed E-state index contributed by atoms with van der Waals surface area (Å²) in [6.07, 6.45) is -0.816. The summed E-state index contributed by atoms with van der Waals surface area (Å²) in [5.41, 5.74) is 0. The lowest BCUT2D eigenvalue weighted by Crippen LogP contribution is -2.54. The van der Waals surface area contributed by atoms with Crippen molar-refractivity contribution >= 4 is 22.3 Å². The third-order valence-electron chi connectivity index (χ3n) is 2.96. The molecule has 2 N–H and O–H groups in total. The van der Waals surface area contributed by atoms with Gasteiger partial charge in [-0.3, -0.25) is 4.79 Å². The molecule has 116 valence electrons. The van der Waals surface area contributed by atoms with E-state index in [-0.39, 0.29) is 18.9 Å². The van der Waals surface area contributed by atoms with E-state index in [9.17, 15) is 18.0 Å². The molecule has 0 aromatic rings. The Labute approximate surface area is 118 Å². The molecule has 0 bridgehead atoms. The number of hydrogen-bond donors (Lipinski definition) is 2. The molecule has 1 saturated heterocycles. The van der Waals surface area contributed by atoms with Crippen LogP contribution in [0.15, 0.2) is 0 Å². The monoisotopic (exact) mass is 308 g/mol. The van der Waals surface area contributed by atoms with Gasteiger partial charge < -0.3 is 9.84 Å². The van der Waals surface area contributed by atoms with Crippen molar-refractivity contribution in [2.45, 2.75) is 45.8 Å². The van der Waals surface area contributed by atoms with E-state index in [1.165, 1.54) is 0 Å². The van der Waals surface area contributed by atoms with Crippen molar-refractivity contribution in [1.82, 2.24) is 9.03 Å². The topological polar surface area (TPSA) is 113 Å². The number of ether oxygens (including phenoxy) is 1.